The lowest BCUT2D eigenvalue weighted by atomic mass is 10.0. The minimum atomic E-state index is -1.17. The molecule has 0 saturated carbocycles. The Hall–Kier alpha value is -2.94. The summed E-state index contributed by atoms with van der Waals surface area (Å²) in [6.07, 6.45) is 0.436. The van der Waals surface area contributed by atoms with E-state index in [4.69, 9.17) is 5.73 Å². The van der Waals surface area contributed by atoms with Gasteiger partial charge >= 0.3 is 5.97 Å². The Bertz CT molecular complexity index is 706. The van der Waals surface area contributed by atoms with Crippen molar-refractivity contribution >= 4 is 23.7 Å². The molecule has 0 aliphatic carbocycles. The summed E-state index contributed by atoms with van der Waals surface area (Å²) in [6.45, 7) is 4.92. The van der Waals surface area contributed by atoms with Crippen LogP contribution >= 0.6 is 0 Å². The molecule has 3 unspecified atom stereocenters. The molecular weight excluding hydrogens is 376 g/mol. The number of hydrogen-bond acceptors (Lipinski definition) is 5. The maximum Gasteiger partial charge on any atom is 0.326 e. The van der Waals surface area contributed by atoms with Crippen LogP contribution in [0.3, 0.4) is 0 Å². The average Bonchev–Trinajstić information content (AvgIpc) is 2.65. The zero-order valence-corrected chi connectivity index (χ0v) is 17.0. The van der Waals surface area contributed by atoms with E-state index in [1.54, 1.807) is 24.3 Å². The van der Waals surface area contributed by atoms with Gasteiger partial charge in [0.25, 0.3) is 0 Å². The number of nitrogens with two attached hydrogens (primary N) is 1. The Morgan fingerprint density at radius 2 is 1.59 bits per heavy atom. The van der Waals surface area contributed by atoms with E-state index in [9.17, 15) is 24.3 Å². The van der Waals surface area contributed by atoms with Gasteiger partial charge in [-0.2, -0.15) is 0 Å². The number of hydrogen-bond donors (Lipinski definition) is 5. The number of amides is 3. The van der Waals surface area contributed by atoms with Gasteiger partial charge in [-0.3, -0.25) is 14.4 Å². The molecule has 0 aliphatic rings. The topological polar surface area (TPSA) is 151 Å². The number of benzene rings is 1. The third-order valence-electron chi connectivity index (χ3n) is 4.09. The van der Waals surface area contributed by atoms with Crippen LogP contribution in [0.5, 0.6) is 0 Å². The molecule has 6 N–H and O–H groups in total. The highest BCUT2D eigenvalue weighted by atomic mass is 16.4. The van der Waals surface area contributed by atoms with Crippen LogP contribution in [0.25, 0.3) is 0 Å². The molecule has 0 fully saturated rings. The number of carbonyl (C=O) groups is 4. The highest BCUT2D eigenvalue weighted by molar-refractivity contribution is 5.92. The van der Waals surface area contributed by atoms with Gasteiger partial charge in [0.15, 0.2) is 0 Å². The Morgan fingerprint density at radius 3 is 2.10 bits per heavy atom. The van der Waals surface area contributed by atoms with E-state index >= 15 is 0 Å². The van der Waals surface area contributed by atoms with Gasteiger partial charge in [-0.25, -0.2) is 4.79 Å². The van der Waals surface area contributed by atoms with Crippen LogP contribution in [0.15, 0.2) is 30.3 Å². The van der Waals surface area contributed by atoms with E-state index in [1.165, 1.54) is 6.92 Å². The Kier molecular flexibility index (Phi) is 9.81. The van der Waals surface area contributed by atoms with Gasteiger partial charge in [-0.1, -0.05) is 44.2 Å². The predicted molar refractivity (Wildman–Crippen MR) is 108 cm³/mol. The van der Waals surface area contributed by atoms with Crippen molar-refractivity contribution in [1.29, 1.82) is 0 Å². The maximum absolute atomic E-state index is 12.7. The number of rotatable bonds is 11. The molecule has 9 heteroatoms. The molecule has 0 radical (unpaired) electrons. The molecule has 1 aromatic carbocycles. The number of carboxylic acid groups (broad SMARTS) is 1. The summed E-state index contributed by atoms with van der Waals surface area (Å²) in [4.78, 5) is 47.8. The quantitative estimate of drug-likeness (QED) is 0.343. The minimum Gasteiger partial charge on any atom is -0.480 e. The monoisotopic (exact) mass is 406 g/mol. The second-order valence-corrected chi connectivity index (χ2v) is 7.35. The van der Waals surface area contributed by atoms with E-state index in [0.29, 0.717) is 6.42 Å². The van der Waals surface area contributed by atoms with Crippen molar-refractivity contribution in [2.24, 2.45) is 11.7 Å². The van der Waals surface area contributed by atoms with Crippen molar-refractivity contribution in [1.82, 2.24) is 16.0 Å². The summed E-state index contributed by atoms with van der Waals surface area (Å²) in [7, 11) is 0. The van der Waals surface area contributed by atoms with Crippen molar-refractivity contribution < 1.29 is 24.3 Å². The zero-order chi connectivity index (χ0) is 22.0. The third-order valence-corrected chi connectivity index (χ3v) is 4.09. The predicted octanol–water partition coefficient (Wildman–Crippen LogP) is -0.207. The average molecular weight is 406 g/mol. The van der Waals surface area contributed by atoms with Gasteiger partial charge < -0.3 is 26.8 Å². The second-order valence-electron chi connectivity index (χ2n) is 7.35. The Balaban J connectivity index is 2.76. The zero-order valence-electron chi connectivity index (χ0n) is 17.0. The summed E-state index contributed by atoms with van der Waals surface area (Å²) >= 11 is 0. The van der Waals surface area contributed by atoms with E-state index in [2.05, 4.69) is 16.0 Å². The molecule has 0 heterocycles. The normalized spacial score (nSPS) is 13.8. The van der Waals surface area contributed by atoms with Crippen LogP contribution in [-0.2, 0) is 25.6 Å². The van der Waals surface area contributed by atoms with Crippen molar-refractivity contribution in [3.05, 3.63) is 35.9 Å². The molecule has 160 valence electrons. The largest absolute Gasteiger partial charge is 0.480 e. The van der Waals surface area contributed by atoms with Crippen molar-refractivity contribution in [3.63, 3.8) is 0 Å². The molecule has 0 aromatic heterocycles. The van der Waals surface area contributed by atoms with Crippen LogP contribution in [0.1, 0.15) is 32.8 Å². The molecule has 3 amide bonds. The van der Waals surface area contributed by atoms with Crippen LogP contribution < -0.4 is 21.7 Å². The highest BCUT2D eigenvalue weighted by Crippen LogP contribution is 2.08. The molecule has 1 rings (SSSR count). The molecule has 9 nitrogen and oxygen atoms in total. The summed E-state index contributed by atoms with van der Waals surface area (Å²) in [5.74, 6) is -2.73. The molecule has 0 aliphatic heterocycles. The van der Waals surface area contributed by atoms with Crippen LogP contribution in [0.2, 0.25) is 0 Å². The third kappa shape index (κ3) is 9.20. The van der Waals surface area contributed by atoms with Gasteiger partial charge in [0, 0.05) is 6.42 Å². The molecule has 3 atom stereocenters. The molecule has 0 bridgehead atoms. The summed E-state index contributed by atoms with van der Waals surface area (Å²) < 4.78 is 0. The van der Waals surface area contributed by atoms with Gasteiger partial charge in [0.2, 0.25) is 17.7 Å². The standard InChI is InChI=1S/C20H30N4O5/c1-12(2)9-15(23-17(25)11-22-18(26)13(3)21)19(27)24-16(20(28)29)10-14-7-5-4-6-8-14/h4-8,12-13,15-16H,9-11,21H2,1-3H3,(H,22,26)(H,23,25)(H,24,27)(H,28,29). The number of nitrogens with one attached hydrogen (secondary N) is 3. The molecular formula is C20H30N4O5. The van der Waals surface area contributed by atoms with E-state index < -0.39 is 41.8 Å². The molecule has 0 spiro atoms. The lowest BCUT2D eigenvalue weighted by Gasteiger charge is -2.23. The van der Waals surface area contributed by atoms with E-state index in [-0.39, 0.29) is 18.9 Å². The lowest BCUT2D eigenvalue weighted by molar-refractivity contribution is -0.142. The number of carbonyl (C=O) groups excluding carboxylic acids is 3. The first kappa shape index (κ1) is 24.1. The van der Waals surface area contributed by atoms with Crippen molar-refractivity contribution in [2.75, 3.05) is 6.54 Å². The van der Waals surface area contributed by atoms with Crippen LogP contribution in [-0.4, -0.2) is 53.5 Å². The summed E-state index contributed by atoms with van der Waals surface area (Å²) in [6, 6.07) is 6.13. The number of aliphatic carboxylic acids is 1. The van der Waals surface area contributed by atoms with Gasteiger partial charge in [-0.05, 0) is 24.8 Å². The molecule has 29 heavy (non-hydrogen) atoms. The van der Waals surface area contributed by atoms with E-state index in [0.717, 1.165) is 5.56 Å². The van der Waals surface area contributed by atoms with Crippen molar-refractivity contribution in [2.45, 2.75) is 51.7 Å². The summed E-state index contributed by atoms with van der Waals surface area (Å²) in [5.41, 5.74) is 6.19. The minimum absolute atomic E-state index is 0.0714. The van der Waals surface area contributed by atoms with Crippen LogP contribution in [0.4, 0.5) is 0 Å². The smallest absolute Gasteiger partial charge is 0.326 e. The van der Waals surface area contributed by atoms with E-state index in [1.807, 2.05) is 19.9 Å². The highest BCUT2D eigenvalue weighted by Gasteiger charge is 2.27. The number of carboxylic acids is 1. The fourth-order valence-electron chi connectivity index (χ4n) is 2.60. The maximum atomic E-state index is 12.7. The Labute approximate surface area is 170 Å². The van der Waals surface area contributed by atoms with Gasteiger partial charge in [-0.15, -0.1) is 0 Å². The lowest BCUT2D eigenvalue weighted by Crippen LogP contribution is -2.54. The fraction of sp³-hybridized carbons (Fsp3) is 0.500. The first-order chi connectivity index (χ1) is 13.6. The van der Waals surface area contributed by atoms with Gasteiger partial charge in [0.1, 0.15) is 12.1 Å². The first-order valence-corrected chi connectivity index (χ1v) is 9.49. The Morgan fingerprint density at radius 1 is 0.966 bits per heavy atom. The summed E-state index contributed by atoms with van der Waals surface area (Å²) in [5, 5.41) is 16.9. The molecule has 1 aromatic rings. The van der Waals surface area contributed by atoms with Crippen LogP contribution in [0, 0.1) is 5.92 Å². The SMILES string of the molecule is CC(C)CC(NC(=O)CNC(=O)C(C)N)C(=O)NC(Cc1ccccc1)C(=O)O. The first-order valence-electron chi connectivity index (χ1n) is 9.49. The van der Waals surface area contributed by atoms with Gasteiger partial charge in [0.05, 0.1) is 12.6 Å². The molecule has 0 saturated heterocycles. The fourth-order valence-corrected chi connectivity index (χ4v) is 2.60. The van der Waals surface area contributed by atoms with Crippen molar-refractivity contribution in [3.8, 4) is 0 Å². The second kappa shape index (κ2) is 11.8.